The van der Waals surface area contributed by atoms with Crippen molar-refractivity contribution in [1.82, 2.24) is 0 Å². The molecule has 4 heteroatoms. The number of rotatable bonds is 3. The van der Waals surface area contributed by atoms with Crippen molar-refractivity contribution in [2.75, 3.05) is 0 Å². The molecule has 0 fully saturated rings. The van der Waals surface area contributed by atoms with Crippen LogP contribution in [0.25, 0.3) is 10.8 Å². The maximum Gasteiger partial charge on any atom is 0.0794 e. The molecule has 3 aliphatic rings. The van der Waals surface area contributed by atoms with Gasteiger partial charge in [0.1, 0.15) is 0 Å². The van der Waals surface area contributed by atoms with E-state index >= 15 is 0 Å². The highest BCUT2D eigenvalue weighted by Gasteiger charge is 2.40. The summed E-state index contributed by atoms with van der Waals surface area (Å²) < 4.78 is 1.64. The maximum absolute atomic E-state index is 2.54. The zero-order valence-electron chi connectivity index (χ0n) is 16.4. The second kappa shape index (κ2) is 5.91. The van der Waals surface area contributed by atoms with Crippen molar-refractivity contribution in [2.24, 2.45) is 0 Å². The zero-order valence-corrected chi connectivity index (χ0v) is 20.2. The Bertz CT molecular complexity index is 1030. The second-order valence-electron chi connectivity index (χ2n) is 8.62. The Morgan fingerprint density at radius 3 is 2.44 bits per heavy atom. The zero-order chi connectivity index (χ0) is 18.1. The van der Waals surface area contributed by atoms with Gasteiger partial charge in [-0.05, 0) is 52.1 Å². The standard InChI is InChI=1S/C21H28S2Si2/c1-13-12-16-17-19(20(24(3)4)18(16)22-13)23(15-10-8-9-11-15)14(2)21(17)25(5,6)7/h8-10,12,24H,11H2,1-7H3. The molecular weight excluding hydrogens is 373 g/mol. The van der Waals surface area contributed by atoms with E-state index in [1.807, 2.05) is 11.3 Å². The van der Waals surface area contributed by atoms with Gasteiger partial charge in [-0.3, -0.25) is 0 Å². The van der Waals surface area contributed by atoms with Crippen molar-refractivity contribution in [2.45, 2.75) is 53.0 Å². The molecule has 0 spiro atoms. The van der Waals surface area contributed by atoms with E-state index in [2.05, 4.69) is 70.9 Å². The fraction of sp³-hybridized carbons (Fsp3) is 0.381. The third-order valence-electron chi connectivity index (χ3n) is 5.28. The molecule has 1 unspecified atom stereocenters. The summed E-state index contributed by atoms with van der Waals surface area (Å²) in [5.74, 6) is 0. The molecule has 0 bridgehead atoms. The lowest BCUT2D eigenvalue weighted by atomic mass is 10.2. The van der Waals surface area contributed by atoms with Crippen molar-refractivity contribution in [3.8, 4) is 0 Å². The average molecular weight is 401 g/mol. The Kier molecular flexibility index (Phi) is 4.19. The van der Waals surface area contributed by atoms with Gasteiger partial charge in [0, 0.05) is 19.5 Å². The fourth-order valence-corrected chi connectivity index (χ4v) is 14.7. The topological polar surface area (TPSA) is 0 Å². The van der Waals surface area contributed by atoms with Gasteiger partial charge in [0.25, 0.3) is 0 Å². The Hall–Kier alpha value is -0.686. The van der Waals surface area contributed by atoms with Crippen LogP contribution in [0, 0.1) is 6.92 Å². The lowest BCUT2D eigenvalue weighted by Gasteiger charge is -2.22. The molecule has 0 saturated carbocycles. The largest absolute Gasteiger partial charge is 0.141 e. The highest BCUT2D eigenvalue weighted by molar-refractivity contribution is 8.24. The third-order valence-corrected chi connectivity index (χ3v) is 13.3. The summed E-state index contributed by atoms with van der Waals surface area (Å²) >= 11 is 2.05. The predicted molar refractivity (Wildman–Crippen MR) is 124 cm³/mol. The first-order chi connectivity index (χ1) is 11.7. The molecule has 25 heavy (non-hydrogen) atoms. The van der Waals surface area contributed by atoms with Gasteiger partial charge in [0.05, 0.1) is 16.9 Å². The van der Waals surface area contributed by atoms with Crippen LogP contribution in [0.2, 0.25) is 32.7 Å². The summed E-state index contributed by atoms with van der Waals surface area (Å²) in [6, 6.07) is 2.49. The van der Waals surface area contributed by atoms with E-state index in [9.17, 15) is 0 Å². The first kappa shape index (κ1) is 17.7. The predicted octanol–water partition coefficient (Wildman–Crippen LogP) is 4.85. The molecule has 1 aromatic rings. The summed E-state index contributed by atoms with van der Waals surface area (Å²) in [4.78, 5) is 6.58. The summed E-state index contributed by atoms with van der Waals surface area (Å²) in [5.41, 5.74) is 1.68. The number of allylic oxidation sites excluding steroid dienone is 6. The van der Waals surface area contributed by atoms with Gasteiger partial charge in [-0.1, -0.05) is 51.0 Å². The first-order valence-electron chi connectivity index (χ1n) is 9.26. The van der Waals surface area contributed by atoms with E-state index < -0.39 is 16.9 Å². The van der Waals surface area contributed by atoms with Gasteiger partial charge < -0.3 is 0 Å². The van der Waals surface area contributed by atoms with Crippen LogP contribution >= 0.6 is 21.8 Å². The maximum atomic E-state index is 2.54. The van der Waals surface area contributed by atoms with E-state index in [-0.39, 0.29) is 10.5 Å². The number of hydrogen-bond donors (Lipinski definition) is 0. The SMILES string of the molecule is CC1=C([Si](C)(C)C)C2=c3cc(C)sc3=C([SiH](C)C)C2=S1C1=CC=CC1. The smallest absolute Gasteiger partial charge is 0.0794 e. The Balaban J connectivity index is 2.16. The van der Waals surface area contributed by atoms with Crippen LogP contribution in [0.15, 0.2) is 39.3 Å². The van der Waals surface area contributed by atoms with E-state index in [0.717, 1.165) is 6.42 Å². The van der Waals surface area contributed by atoms with Gasteiger partial charge in [-0.2, -0.15) is 0 Å². The van der Waals surface area contributed by atoms with Crippen LogP contribution in [0.5, 0.6) is 0 Å². The minimum atomic E-state index is -1.40. The van der Waals surface area contributed by atoms with Crippen LogP contribution in [-0.2, 0) is 0 Å². The normalized spacial score (nSPS) is 22.5. The molecule has 0 radical (unpaired) electrons. The van der Waals surface area contributed by atoms with E-state index in [1.165, 1.54) is 4.88 Å². The molecule has 2 heterocycles. The van der Waals surface area contributed by atoms with Crippen molar-refractivity contribution in [3.63, 3.8) is 0 Å². The molecule has 2 aliphatic carbocycles. The highest BCUT2D eigenvalue weighted by atomic mass is 32.2. The van der Waals surface area contributed by atoms with Crippen LogP contribution < -0.4 is 9.75 Å². The van der Waals surface area contributed by atoms with Gasteiger partial charge in [-0.25, -0.2) is 0 Å². The molecular formula is C21H28S2Si2. The molecule has 0 saturated heterocycles. The molecule has 4 rings (SSSR count). The summed E-state index contributed by atoms with van der Waals surface area (Å²) in [7, 11) is -2.09. The molecule has 132 valence electrons. The number of fused-ring (bicyclic) bond motifs is 2. The molecule has 1 aliphatic heterocycles. The van der Waals surface area contributed by atoms with Crippen LogP contribution in [0.1, 0.15) is 18.2 Å². The molecule has 1 atom stereocenters. The molecule has 1 aromatic heterocycles. The lowest BCUT2D eigenvalue weighted by Crippen LogP contribution is -2.29. The minimum Gasteiger partial charge on any atom is -0.141 e. The quantitative estimate of drug-likeness (QED) is 0.503. The molecule has 0 amide bonds. The first-order valence-corrected chi connectivity index (χ1v) is 17.7. The van der Waals surface area contributed by atoms with E-state index in [0.29, 0.717) is 0 Å². The van der Waals surface area contributed by atoms with Crippen molar-refractivity contribution in [1.29, 1.82) is 0 Å². The molecule has 0 N–H and O–H groups in total. The van der Waals surface area contributed by atoms with Gasteiger partial charge in [0.15, 0.2) is 0 Å². The summed E-state index contributed by atoms with van der Waals surface area (Å²) in [6.07, 6.45) is 8.16. The Morgan fingerprint density at radius 2 is 1.88 bits per heavy atom. The Morgan fingerprint density at radius 1 is 1.16 bits per heavy atom. The third kappa shape index (κ3) is 2.56. The minimum absolute atomic E-state index is 0.206. The molecule has 0 nitrogen and oxygen atoms in total. The van der Waals surface area contributed by atoms with Crippen molar-refractivity contribution in [3.05, 3.63) is 53.9 Å². The monoisotopic (exact) mass is 400 g/mol. The van der Waals surface area contributed by atoms with Gasteiger partial charge in [0.2, 0.25) is 0 Å². The fourth-order valence-electron chi connectivity index (χ4n) is 4.49. The van der Waals surface area contributed by atoms with Crippen LogP contribution in [0.3, 0.4) is 0 Å². The summed E-state index contributed by atoms with van der Waals surface area (Å²) in [5, 5.41) is 5.14. The van der Waals surface area contributed by atoms with Crippen LogP contribution in [0.4, 0.5) is 0 Å². The van der Waals surface area contributed by atoms with Gasteiger partial charge >= 0.3 is 0 Å². The Labute approximate surface area is 160 Å². The molecule has 0 aromatic carbocycles. The van der Waals surface area contributed by atoms with Crippen LogP contribution in [-0.4, -0.2) is 21.7 Å². The summed E-state index contributed by atoms with van der Waals surface area (Å²) in [6.45, 7) is 17.4. The van der Waals surface area contributed by atoms with E-state index in [4.69, 9.17) is 0 Å². The lowest BCUT2D eigenvalue weighted by molar-refractivity contribution is 1.41. The van der Waals surface area contributed by atoms with Crippen molar-refractivity contribution < 1.29 is 0 Å². The number of thiophene rings is 1. The van der Waals surface area contributed by atoms with Gasteiger partial charge in [-0.15, -0.1) is 21.8 Å². The number of aryl methyl sites for hydroxylation is 1. The van der Waals surface area contributed by atoms with E-state index in [1.54, 1.807) is 40.4 Å². The van der Waals surface area contributed by atoms with Crippen molar-refractivity contribution >= 4 is 54.3 Å². The number of hydrogen-bond acceptors (Lipinski definition) is 1. The average Bonchev–Trinajstić information content (AvgIpc) is 3.19. The highest BCUT2D eigenvalue weighted by Crippen LogP contribution is 2.53. The second-order valence-corrected chi connectivity index (χ2v) is 19.9.